The minimum absolute atomic E-state index is 0.357. The molecule has 0 aliphatic rings. The van der Waals surface area contributed by atoms with Crippen molar-refractivity contribution < 1.29 is 14.8 Å². The van der Waals surface area contributed by atoms with Gasteiger partial charge in [0.15, 0.2) is 0 Å². The van der Waals surface area contributed by atoms with Crippen LogP contribution in [0.15, 0.2) is 24.0 Å². The molecule has 7 nitrogen and oxygen atoms in total. The molecule has 17 heavy (non-hydrogen) atoms. The molecular formula is C9H5N3O4S. The van der Waals surface area contributed by atoms with Crippen molar-refractivity contribution in [3.63, 3.8) is 0 Å². The van der Waals surface area contributed by atoms with E-state index in [1.54, 1.807) is 5.51 Å². The van der Waals surface area contributed by atoms with Gasteiger partial charge in [-0.3, -0.25) is 15.1 Å². The van der Waals surface area contributed by atoms with E-state index in [2.05, 4.69) is 9.97 Å². The van der Waals surface area contributed by atoms with Crippen LogP contribution in [-0.2, 0) is 0 Å². The number of rotatable bonds is 3. The second-order valence-corrected chi connectivity index (χ2v) is 3.90. The van der Waals surface area contributed by atoms with Gasteiger partial charge in [-0.05, 0) is 6.07 Å². The number of thiazole rings is 1. The second kappa shape index (κ2) is 4.26. The van der Waals surface area contributed by atoms with E-state index < -0.39 is 16.6 Å². The molecule has 0 aromatic carbocycles. The molecule has 0 bridgehead atoms. The van der Waals surface area contributed by atoms with Crippen LogP contribution >= 0.6 is 11.3 Å². The monoisotopic (exact) mass is 251 g/mol. The first-order chi connectivity index (χ1) is 8.09. The third-order valence-corrected chi connectivity index (χ3v) is 2.79. The largest absolute Gasteiger partial charge is 0.477 e. The third kappa shape index (κ3) is 2.11. The highest BCUT2D eigenvalue weighted by Crippen LogP contribution is 2.26. The Bertz CT molecular complexity index is 582. The average Bonchev–Trinajstić information content (AvgIpc) is 2.81. The Labute approximate surface area is 98.5 Å². The number of aromatic carboxylic acids is 1. The number of carbonyl (C=O) groups is 1. The summed E-state index contributed by atoms with van der Waals surface area (Å²) in [7, 11) is 0. The van der Waals surface area contributed by atoms with Crippen molar-refractivity contribution in [2.45, 2.75) is 0 Å². The van der Waals surface area contributed by atoms with Crippen LogP contribution < -0.4 is 0 Å². The molecule has 1 N–H and O–H groups in total. The van der Waals surface area contributed by atoms with Gasteiger partial charge >= 0.3 is 11.7 Å². The van der Waals surface area contributed by atoms with E-state index in [9.17, 15) is 14.9 Å². The normalized spacial score (nSPS) is 10.1. The summed E-state index contributed by atoms with van der Waals surface area (Å²) in [5, 5.41) is 19.5. The number of pyridine rings is 1. The van der Waals surface area contributed by atoms with Gasteiger partial charge in [-0.2, -0.15) is 0 Å². The molecule has 0 aliphatic heterocycles. The van der Waals surface area contributed by atoms with Gasteiger partial charge in [0.1, 0.15) is 11.8 Å². The minimum Gasteiger partial charge on any atom is -0.477 e. The maximum absolute atomic E-state index is 10.9. The van der Waals surface area contributed by atoms with Crippen LogP contribution in [0.25, 0.3) is 10.6 Å². The molecule has 8 heteroatoms. The summed E-state index contributed by atoms with van der Waals surface area (Å²) in [5.74, 6) is -1.36. The zero-order valence-electron chi connectivity index (χ0n) is 8.23. The van der Waals surface area contributed by atoms with Gasteiger partial charge in [0, 0.05) is 6.20 Å². The Morgan fingerprint density at radius 2 is 2.24 bits per heavy atom. The Kier molecular flexibility index (Phi) is 2.79. The lowest BCUT2D eigenvalue weighted by Crippen LogP contribution is -2.03. The smallest absolute Gasteiger partial charge is 0.342 e. The second-order valence-electron chi connectivity index (χ2n) is 3.01. The van der Waals surface area contributed by atoms with E-state index in [0.29, 0.717) is 10.6 Å². The van der Waals surface area contributed by atoms with Gasteiger partial charge in [0.2, 0.25) is 0 Å². The molecule has 2 rings (SSSR count). The van der Waals surface area contributed by atoms with E-state index in [1.165, 1.54) is 23.6 Å². The van der Waals surface area contributed by atoms with Crippen LogP contribution in [0.2, 0.25) is 0 Å². The Morgan fingerprint density at radius 1 is 1.47 bits per heavy atom. The molecule has 0 atom stereocenters. The van der Waals surface area contributed by atoms with Crippen LogP contribution in [0, 0.1) is 10.1 Å². The highest BCUT2D eigenvalue weighted by molar-refractivity contribution is 7.13. The first-order valence-electron chi connectivity index (χ1n) is 4.36. The first-order valence-corrected chi connectivity index (χ1v) is 5.24. The van der Waals surface area contributed by atoms with Crippen LogP contribution in [0.3, 0.4) is 0 Å². The molecule has 0 fully saturated rings. The fourth-order valence-corrected chi connectivity index (χ4v) is 1.83. The van der Waals surface area contributed by atoms with E-state index in [4.69, 9.17) is 5.11 Å². The average molecular weight is 251 g/mol. The summed E-state index contributed by atoms with van der Waals surface area (Å²) in [6.07, 6.45) is 2.46. The van der Waals surface area contributed by atoms with Gasteiger partial charge in [-0.1, -0.05) is 0 Å². The molecule has 2 heterocycles. The summed E-state index contributed by atoms with van der Waals surface area (Å²) in [5.41, 5.74) is 1.02. The molecule has 2 aromatic heterocycles. The number of aromatic nitrogens is 2. The van der Waals surface area contributed by atoms with Crippen molar-refractivity contribution >= 4 is 23.0 Å². The third-order valence-electron chi connectivity index (χ3n) is 1.99. The molecule has 0 radical (unpaired) electrons. The number of nitro groups is 1. The lowest BCUT2D eigenvalue weighted by atomic mass is 10.2. The molecule has 0 spiro atoms. The van der Waals surface area contributed by atoms with Crippen molar-refractivity contribution in [3.8, 4) is 10.6 Å². The van der Waals surface area contributed by atoms with Crippen molar-refractivity contribution in [1.29, 1.82) is 0 Å². The molecular weight excluding hydrogens is 246 g/mol. The highest BCUT2D eigenvalue weighted by Gasteiger charge is 2.21. The molecule has 0 saturated carbocycles. The van der Waals surface area contributed by atoms with Gasteiger partial charge in [-0.15, -0.1) is 11.3 Å². The van der Waals surface area contributed by atoms with Crippen molar-refractivity contribution in [2.24, 2.45) is 0 Å². The summed E-state index contributed by atoms with van der Waals surface area (Å²) >= 11 is 1.27. The van der Waals surface area contributed by atoms with Gasteiger partial charge < -0.3 is 5.11 Å². The van der Waals surface area contributed by atoms with E-state index in [1.807, 2.05) is 0 Å². The molecule has 86 valence electrons. The Hall–Kier alpha value is -2.35. The maximum Gasteiger partial charge on any atom is 0.342 e. The number of carboxylic acids is 1. The predicted octanol–water partition coefficient (Wildman–Crippen LogP) is 1.81. The number of hydrogen-bond acceptors (Lipinski definition) is 6. The van der Waals surface area contributed by atoms with Crippen molar-refractivity contribution in [3.05, 3.63) is 39.6 Å². The molecule has 2 aromatic rings. The van der Waals surface area contributed by atoms with Gasteiger partial charge in [0.25, 0.3) is 0 Å². The Morgan fingerprint density at radius 3 is 2.76 bits per heavy atom. The quantitative estimate of drug-likeness (QED) is 0.658. The zero-order valence-corrected chi connectivity index (χ0v) is 9.05. The molecule has 0 amide bonds. The number of nitrogens with zero attached hydrogens (tertiary/aromatic N) is 3. The summed E-state index contributed by atoms with van der Waals surface area (Å²) < 4.78 is 0. The SMILES string of the molecule is O=C(O)c1cc(-c2cncs2)ncc1[N+](=O)[O-]. The molecule has 0 aliphatic carbocycles. The standard InChI is InChI=1S/C9H5N3O4S/c13-9(14)5-1-6(8-3-10-4-17-8)11-2-7(5)12(15)16/h1-4H,(H,13,14). The maximum atomic E-state index is 10.9. The van der Waals surface area contributed by atoms with E-state index in [-0.39, 0.29) is 5.56 Å². The Balaban J connectivity index is 2.57. The number of hydrogen-bond donors (Lipinski definition) is 1. The predicted molar refractivity (Wildman–Crippen MR) is 59.0 cm³/mol. The molecule has 0 unspecified atom stereocenters. The van der Waals surface area contributed by atoms with Crippen LogP contribution in [0.5, 0.6) is 0 Å². The number of carboxylic acid groups (broad SMARTS) is 1. The van der Waals surface area contributed by atoms with E-state index in [0.717, 1.165) is 6.20 Å². The topological polar surface area (TPSA) is 106 Å². The van der Waals surface area contributed by atoms with Gasteiger partial charge in [0.05, 0.1) is 21.0 Å². The lowest BCUT2D eigenvalue weighted by molar-refractivity contribution is -0.385. The van der Waals surface area contributed by atoms with E-state index >= 15 is 0 Å². The zero-order chi connectivity index (χ0) is 12.4. The van der Waals surface area contributed by atoms with Gasteiger partial charge in [-0.25, -0.2) is 9.78 Å². The summed E-state index contributed by atoms with van der Waals surface area (Å²) in [6.45, 7) is 0. The van der Waals surface area contributed by atoms with Crippen LogP contribution in [0.4, 0.5) is 5.69 Å². The molecule has 0 saturated heterocycles. The van der Waals surface area contributed by atoms with Crippen molar-refractivity contribution in [2.75, 3.05) is 0 Å². The fraction of sp³-hybridized carbons (Fsp3) is 0. The van der Waals surface area contributed by atoms with Crippen molar-refractivity contribution in [1.82, 2.24) is 9.97 Å². The highest BCUT2D eigenvalue weighted by atomic mass is 32.1. The lowest BCUT2D eigenvalue weighted by Gasteiger charge is -2.00. The summed E-state index contributed by atoms with van der Waals surface area (Å²) in [6, 6.07) is 1.17. The van der Waals surface area contributed by atoms with Crippen LogP contribution in [-0.4, -0.2) is 26.0 Å². The fourth-order valence-electron chi connectivity index (χ4n) is 1.24. The first kappa shape index (κ1) is 11.1. The van der Waals surface area contributed by atoms with Crippen LogP contribution in [0.1, 0.15) is 10.4 Å². The minimum atomic E-state index is -1.36. The summed E-state index contributed by atoms with van der Waals surface area (Å²) in [4.78, 5) is 29.1.